The third kappa shape index (κ3) is 5.65. The highest BCUT2D eigenvalue weighted by Crippen LogP contribution is 2.29. The monoisotopic (exact) mass is 460 g/mol. The number of nitrogens with two attached hydrogens (primary N) is 1. The number of benzene rings is 1. The van der Waals surface area contributed by atoms with Crippen LogP contribution in [0.5, 0.6) is 0 Å². The maximum atomic E-state index is 13.2. The molecule has 1 aromatic carbocycles. The molecule has 2 aromatic rings. The van der Waals surface area contributed by atoms with E-state index >= 15 is 0 Å². The molecule has 3 N–H and O–H groups in total. The number of rotatable bonds is 7. The van der Waals surface area contributed by atoms with E-state index in [1.54, 1.807) is 11.5 Å². The van der Waals surface area contributed by atoms with Gasteiger partial charge in [0.2, 0.25) is 5.84 Å². The molecule has 1 aliphatic rings. The van der Waals surface area contributed by atoms with Crippen LogP contribution >= 0.6 is 0 Å². The van der Waals surface area contributed by atoms with Gasteiger partial charge in [-0.25, -0.2) is 4.98 Å². The first-order valence-electron chi connectivity index (χ1n) is 11.6. The first kappa shape index (κ1) is 25.0. The summed E-state index contributed by atoms with van der Waals surface area (Å²) in [5.41, 5.74) is 8.04. The van der Waals surface area contributed by atoms with Crippen LogP contribution < -0.4 is 5.43 Å². The highest BCUT2D eigenvalue weighted by Gasteiger charge is 2.40. The average molecular weight is 461 g/mol. The number of aromatic nitrogens is 1. The minimum Gasteiger partial charge on any atom is -0.353 e. The third-order valence-corrected chi connectivity index (χ3v) is 6.28. The fraction of sp³-hybridized carbons (Fsp3) is 0.385. The minimum atomic E-state index is -0.404. The van der Waals surface area contributed by atoms with Gasteiger partial charge in [-0.15, -0.1) is 0 Å². The van der Waals surface area contributed by atoms with Crippen molar-refractivity contribution in [3.05, 3.63) is 77.4 Å². The van der Waals surface area contributed by atoms with Crippen LogP contribution in [0.2, 0.25) is 0 Å². The Hall–Kier alpha value is -3.61. The van der Waals surface area contributed by atoms with Gasteiger partial charge >= 0.3 is 0 Å². The number of quaternary nitrogens is 1. The number of pyridine rings is 1. The number of hydrogen-bond donors (Lipinski definition) is 2. The molecule has 1 amide bonds. The second kappa shape index (κ2) is 11.0. The summed E-state index contributed by atoms with van der Waals surface area (Å²) >= 11 is 0. The number of carbonyl (C=O) groups is 1. The van der Waals surface area contributed by atoms with Gasteiger partial charge in [-0.05, 0) is 44.4 Å². The molecule has 2 heterocycles. The van der Waals surface area contributed by atoms with E-state index in [-0.39, 0.29) is 11.7 Å². The number of nitrogens with one attached hydrogen (secondary N) is 1. The Bertz CT molecular complexity index is 1140. The Labute approximate surface area is 201 Å². The fourth-order valence-corrected chi connectivity index (χ4v) is 4.14. The van der Waals surface area contributed by atoms with E-state index in [9.17, 15) is 4.79 Å². The third-order valence-electron chi connectivity index (χ3n) is 6.28. The molecule has 0 radical (unpaired) electrons. The minimum absolute atomic E-state index is 0.00401. The lowest BCUT2D eigenvalue weighted by Crippen LogP contribution is -2.70. The molecule has 0 spiro atoms. The number of aryl methyl sites for hydroxylation is 2. The van der Waals surface area contributed by atoms with Gasteiger partial charge in [0.05, 0.1) is 5.54 Å². The average Bonchev–Trinajstić information content (AvgIpc) is 2.85. The van der Waals surface area contributed by atoms with E-state index in [0.29, 0.717) is 31.0 Å². The molecular formula is C26H34N7O+. The molecule has 1 aliphatic heterocycles. The number of amides is 1. The highest BCUT2D eigenvalue weighted by atomic mass is 16.2. The van der Waals surface area contributed by atoms with Gasteiger partial charge in [0.25, 0.3) is 5.91 Å². The molecule has 8 heteroatoms. The van der Waals surface area contributed by atoms with Gasteiger partial charge in [0, 0.05) is 42.7 Å². The molecule has 0 bridgehead atoms. The second-order valence-corrected chi connectivity index (χ2v) is 8.73. The van der Waals surface area contributed by atoms with Gasteiger partial charge in [0.1, 0.15) is 11.4 Å². The van der Waals surface area contributed by atoms with E-state index in [4.69, 9.17) is 5.41 Å². The maximum absolute atomic E-state index is 13.2. The van der Waals surface area contributed by atoms with E-state index in [1.165, 1.54) is 0 Å². The van der Waals surface area contributed by atoms with Gasteiger partial charge in [-0.1, -0.05) is 49.5 Å². The van der Waals surface area contributed by atoms with E-state index in [1.807, 2.05) is 55.1 Å². The first-order chi connectivity index (χ1) is 16.3. The molecule has 1 fully saturated rings. The van der Waals surface area contributed by atoms with Crippen LogP contribution in [0.15, 0.2) is 70.8 Å². The zero-order valence-corrected chi connectivity index (χ0v) is 20.5. The normalized spacial score (nSPS) is 18.1. The summed E-state index contributed by atoms with van der Waals surface area (Å²) in [6.07, 6.45) is 1.55. The van der Waals surface area contributed by atoms with Crippen molar-refractivity contribution in [1.29, 1.82) is 5.41 Å². The van der Waals surface area contributed by atoms with Gasteiger partial charge in [0.15, 0.2) is 5.69 Å². The Kier molecular flexibility index (Phi) is 8.10. The molecule has 1 saturated heterocycles. The molecule has 178 valence electrons. The summed E-state index contributed by atoms with van der Waals surface area (Å²) in [6, 6.07) is 13.5. The van der Waals surface area contributed by atoms with E-state index in [0.717, 1.165) is 29.8 Å². The quantitative estimate of drug-likeness (QED) is 0.125. The van der Waals surface area contributed by atoms with Gasteiger partial charge in [-0.3, -0.25) is 10.2 Å². The van der Waals surface area contributed by atoms with Crippen molar-refractivity contribution in [1.82, 2.24) is 14.8 Å². The lowest BCUT2D eigenvalue weighted by atomic mass is 9.91. The summed E-state index contributed by atoms with van der Waals surface area (Å²) in [7, 11) is 0. The molecule has 8 nitrogen and oxygen atoms in total. The van der Waals surface area contributed by atoms with Crippen LogP contribution in [-0.2, 0) is 6.42 Å². The zero-order chi connectivity index (χ0) is 24.7. The summed E-state index contributed by atoms with van der Waals surface area (Å²) in [5.74, 6) is -0.0723. The smallest absolute Gasteiger partial charge is 0.272 e. The number of carbonyl (C=O) groups excluding carboxylic acids is 1. The van der Waals surface area contributed by atoms with Crippen molar-refractivity contribution in [2.24, 2.45) is 10.3 Å². The van der Waals surface area contributed by atoms with Crippen molar-refractivity contribution in [2.75, 3.05) is 19.6 Å². The standard InChI is InChI=1S/C26H33N7O/c1-6-20-12-10-14-22(28-20)25(34)32-15-16-33(26(5,8-3)18-32)23(7-2)24(27)30-31-29-21-13-9-11-19(4)17-21/h9-14,17H,2,6,8,15-16,18H2,1,3-5H3,(H2,27,29,30)/p+1. The number of piperazine rings is 1. The topological polar surface area (TPSA) is 102 Å². The number of nitrogens with zero attached hydrogens (tertiary/aromatic N) is 5. The lowest BCUT2D eigenvalue weighted by molar-refractivity contribution is -0.585. The van der Waals surface area contributed by atoms with Crippen LogP contribution in [0.1, 0.15) is 48.9 Å². The predicted molar refractivity (Wildman–Crippen MR) is 133 cm³/mol. The molecule has 0 saturated carbocycles. The molecule has 1 unspecified atom stereocenters. The summed E-state index contributed by atoms with van der Waals surface area (Å²) in [5, 5.41) is 16.7. The van der Waals surface area contributed by atoms with Crippen LogP contribution in [0.4, 0.5) is 5.69 Å². The Morgan fingerprint density at radius 1 is 1.26 bits per heavy atom. The summed E-state index contributed by atoms with van der Waals surface area (Å²) in [6.45, 7) is 13.6. The van der Waals surface area contributed by atoms with Crippen LogP contribution in [0.3, 0.4) is 0 Å². The second-order valence-electron chi connectivity index (χ2n) is 8.73. The SMILES string of the molecule is C=C=C(C(=N)N=N[NH2+]c1cccc(C)c1)N1CCN(C(=O)c2cccc(CC)n2)CC1(C)CC. The van der Waals surface area contributed by atoms with Crippen molar-refractivity contribution in [2.45, 2.75) is 46.1 Å². The maximum Gasteiger partial charge on any atom is 0.272 e. The Balaban J connectivity index is 1.73. The molecule has 0 aliphatic carbocycles. The van der Waals surface area contributed by atoms with Crippen molar-refractivity contribution in [3.8, 4) is 0 Å². The van der Waals surface area contributed by atoms with Crippen LogP contribution in [0, 0.1) is 12.3 Å². The van der Waals surface area contributed by atoms with E-state index in [2.05, 4.69) is 46.4 Å². The largest absolute Gasteiger partial charge is 0.353 e. The zero-order valence-electron chi connectivity index (χ0n) is 20.5. The molecular weight excluding hydrogens is 426 g/mol. The van der Waals surface area contributed by atoms with Gasteiger partial charge < -0.3 is 9.80 Å². The molecule has 1 atom stereocenters. The van der Waals surface area contributed by atoms with Crippen molar-refractivity contribution in [3.63, 3.8) is 0 Å². The molecule has 34 heavy (non-hydrogen) atoms. The summed E-state index contributed by atoms with van der Waals surface area (Å²) in [4.78, 5) is 21.6. The predicted octanol–water partition coefficient (Wildman–Crippen LogP) is 3.79. The van der Waals surface area contributed by atoms with Crippen molar-refractivity contribution < 1.29 is 10.2 Å². The molecule has 1 aromatic heterocycles. The van der Waals surface area contributed by atoms with Crippen LogP contribution in [-0.4, -0.2) is 51.7 Å². The van der Waals surface area contributed by atoms with E-state index < -0.39 is 5.54 Å². The van der Waals surface area contributed by atoms with Crippen molar-refractivity contribution >= 4 is 17.4 Å². The van der Waals surface area contributed by atoms with Crippen LogP contribution in [0.25, 0.3) is 0 Å². The number of hydrogen-bond acceptors (Lipinski definition) is 5. The Morgan fingerprint density at radius 3 is 2.71 bits per heavy atom. The molecule has 3 rings (SSSR count). The number of amidine groups is 1. The van der Waals surface area contributed by atoms with Gasteiger partial charge in [-0.2, -0.15) is 5.43 Å². The lowest BCUT2D eigenvalue weighted by Gasteiger charge is -2.49. The summed E-state index contributed by atoms with van der Waals surface area (Å²) < 4.78 is 0. The first-order valence-corrected chi connectivity index (χ1v) is 11.6. The Morgan fingerprint density at radius 2 is 2.03 bits per heavy atom. The highest BCUT2D eigenvalue weighted by molar-refractivity contribution is 5.95. The fourth-order valence-electron chi connectivity index (χ4n) is 4.14.